The van der Waals surface area contributed by atoms with Crippen LogP contribution in [0.25, 0.3) is 5.82 Å². The van der Waals surface area contributed by atoms with Gasteiger partial charge in [-0.1, -0.05) is 0 Å². The third-order valence-electron chi connectivity index (χ3n) is 4.95. The summed E-state index contributed by atoms with van der Waals surface area (Å²) in [5, 5.41) is 8.36. The van der Waals surface area contributed by atoms with Crippen molar-refractivity contribution < 1.29 is 13.2 Å². The maximum atomic E-state index is 12.7. The number of rotatable bonds is 4. The third kappa shape index (κ3) is 4.28. The summed E-state index contributed by atoms with van der Waals surface area (Å²) in [7, 11) is 0. The Morgan fingerprint density at radius 1 is 1.07 bits per heavy atom. The lowest BCUT2D eigenvalue weighted by Gasteiger charge is -2.32. The number of aromatic nitrogens is 6. The van der Waals surface area contributed by atoms with Crippen molar-refractivity contribution in [2.45, 2.75) is 25.6 Å². The zero-order valence-corrected chi connectivity index (χ0v) is 15.3. The molecule has 0 atom stereocenters. The number of hydrogen-bond acceptors (Lipinski definition) is 6. The maximum absolute atomic E-state index is 12.7. The van der Waals surface area contributed by atoms with Crippen molar-refractivity contribution in [2.75, 3.05) is 18.0 Å². The van der Waals surface area contributed by atoms with Crippen LogP contribution in [0.15, 0.2) is 47.9 Å². The fourth-order valence-electron chi connectivity index (χ4n) is 3.35. The summed E-state index contributed by atoms with van der Waals surface area (Å²) < 4.78 is 40.9. The van der Waals surface area contributed by atoms with E-state index in [1.807, 2.05) is 4.90 Å². The summed E-state index contributed by atoms with van der Waals surface area (Å²) in [4.78, 5) is 21.9. The Kier molecular flexibility index (Phi) is 5.03. The molecule has 0 aliphatic carbocycles. The molecule has 1 fully saturated rings. The van der Waals surface area contributed by atoms with E-state index < -0.39 is 11.7 Å². The van der Waals surface area contributed by atoms with Crippen molar-refractivity contribution in [1.29, 1.82) is 0 Å². The van der Waals surface area contributed by atoms with Gasteiger partial charge in [-0.3, -0.25) is 4.79 Å². The van der Waals surface area contributed by atoms with E-state index in [1.54, 1.807) is 6.07 Å². The van der Waals surface area contributed by atoms with Crippen molar-refractivity contribution >= 4 is 5.82 Å². The predicted molar refractivity (Wildman–Crippen MR) is 97.6 cm³/mol. The maximum Gasteiger partial charge on any atom is 0.417 e. The van der Waals surface area contributed by atoms with Crippen LogP contribution in [0, 0.1) is 5.92 Å². The van der Waals surface area contributed by atoms with Crippen molar-refractivity contribution in [3.63, 3.8) is 0 Å². The first kappa shape index (κ1) is 19.1. The van der Waals surface area contributed by atoms with Gasteiger partial charge in [0.1, 0.15) is 18.5 Å². The Hall–Kier alpha value is -3.24. The highest BCUT2D eigenvalue weighted by molar-refractivity contribution is 5.40. The summed E-state index contributed by atoms with van der Waals surface area (Å²) in [5.74, 6) is 1.27. The number of nitrogens with zero attached hydrogens (tertiary/aromatic N) is 7. The van der Waals surface area contributed by atoms with Crippen LogP contribution in [-0.2, 0) is 12.7 Å². The summed E-state index contributed by atoms with van der Waals surface area (Å²) in [6.07, 6.45) is 0.934. The minimum absolute atomic E-state index is 0.194. The summed E-state index contributed by atoms with van der Waals surface area (Å²) >= 11 is 0. The van der Waals surface area contributed by atoms with Gasteiger partial charge in [0, 0.05) is 31.9 Å². The molecule has 0 spiro atoms. The first-order valence-corrected chi connectivity index (χ1v) is 9.11. The number of hydrogen-bond donors (Lipinski definition) is 0. The fraction of sp³-hybridized carbons (Fsp3) is 0.389. The summed E-state index contributed by atoms with van der Waals surface area (Å²) in [5.41, 5.74) is -0.949. The standard InChI is InChI=1S/C18H18F3N7O/c19-18(20,21)14-1-2-15(23-9-14)26-7-5-13(6-8-26)10-27-17(29)4-3-16(25-27)28-12-22-11-24-28/h1-4,9,11-13H,5-8,10H2. The van der Waals surface area contributed by atoms with Crippen LogP contribution < -0.4 is 10.5 Å². The molecule has 3 aromatic heterocycles. The van der Waals surface area contributed by atoms with Crippen molar-refractivity contribution in [2.24, 2.45) is 5.92 Å². The van der Waals surface area contributed by atoms with Gasteiger partial charge in [-0.2, -0.15) is 18.3 Å². The monoisotopic (exact) mass is 405 g/mol. The van der Waals surface area contributed by atoms with Crippen molar-refractivity contribution in [1.82, 2.24) is 29.5 Å². The van der Waals surface area contributed by atoms with E-state index in [0.29, 0.717) is 31.3 Å². The Morgan fingerprint density at radius 2 is 1.83 bits per heavy atom. The van der Waals surface area contributed by atoms with E-state index >= 15 is 0 Å². The van der Waals surface area contributed by atoms with Crippen LogP contribution in [0.5, 0.6) is 0 Å². The lowest BCUT2D eigenvalue weighted by Crippen LogP contribution is -2.37. The molecule has 0 amide bonds. The second-order valence-corrected chi connectivity index (χ2v) is 6.89. The van der Waals surface area contributed by atoms with Crippen LogP contribution in [0.1, 0.15) is 18.4 Å². The zero-order valence-electron chi connectivity index (χ0n) is 15.3. The molecule has 0 unspecified atom stereocenters. The average Bonchev–Trinajstić information content (AvgIpc) is 3.25. The van der Waals surface area contributed by atoms with Gasteiger partial charge in [-0.25, -0.2) is 19.3 Å². The highest BCUT2D eigenvalue weighted by Gasteiger charge is 2.31. The SMILES string of the molecule is O=c1ccc(-n2cncn2)nn1CC1CCN(c2ccc(C(F)(F)F)cn2)CC1. The van der Waals surface area contributed by atoms with Gasteiger partial charge >= 0.3 is 6.18 Å². The highest BCUT2D eigenvalue weighted by atomic mass is 19.4. The molecule has 1 aliphatic heterocycles. The summed E-state index contributed by atoms with van der Waals surface area (Å²) in [6.45, 7) is 1.77. The van der Waals surface area contributed by atoms with Gasteiger partial charge in [0.2, 0.25) is 0 Å². The quantitative estimate of drug-likeness (QED) is 0.662. The molecule has 152 valence electrons. The minimum atomic E-state index is -4.39. The molecule has 4 heterocycles. The van der Waals surface area contributed by atoms with E-state index in [2.05, 4.69) is 20.2 Å². The van der Waals surface area contributed by atoms with Gasteiger partial charge in [0.05, 0.1) is 5.56 Å². The molecule has 0 radical (unpaired) electrons. The van der Waals surface area contributed by atoms with Gasteiger partial charge in [-0.05, 0) is 37.0 Å². The lowest BCUT2D eigenvalue weighted by atomic mass is 9.97. The Labute approximate surface area is 163 Å². The number of piperidine rings is 1. The van der Waals surface area contributed by atoms with Crippen LogP contribution in [-0.4, -0.2) is 42.6 Å². The molecule has 29 heavy (non-hydrogen) atoms. The Bertz CT molecular complexity index is 1010. The molecule has 1 aliphatic rings. The first-order chi connectivity index (χ1) is 13.9. The van der Waals surface area contributed by atoms with Gasteiger partial charge in [-0.15, -0.1) is 5.10 Å². The van der Waals surface area contributed by atoms with Crippen LogP contribution in [0.4, 0.5) is 19.0 Å². The number of pyridine rings is 1. The van der Waals surface area contributed by atoms with Gasteiger partial charge in [0.15, 0.2) is 5.82 Å². The normalized spacial score (nSPS) is 15.6. The Balaban J connectivity index is 1.39. The average molecular weight is 405 g/mol. The van der Waals surface area contributed by atoms with Crippen molar-refractivity contribution in [3.8, 4) is 5.82 Å². The molecular weight excluding hydrogens is 387 g/mol. The smallest absolute Gasteiger partial charge is 0.357 e. The predicted octanol–water partition coefficient (Wildman–Crippen LogP) is 2.15. The fourth-order valence-corrected chi connectivity index (χ4v) is 3.35. The van der Waals surface area contributed by atoms with E-state index in [9.17, 15) is 18.0 Å². The molecule has 8 nitrogen and oxygen atoms in total. The van der Waals surface area contributed by atoms with Crippen LogP contribution >= 0.6 is 0 Å². The van der Waals surface area contributed by atoms with Crippen molar-refractivity contribution in [3.05, 3.63) is 59.0 Å². The lowest BCUT2D eigenvalue weighted by molar-refractivity contribution is -0.137. The number of halogens is 3. The van der Waals surface area contributed by atoms with Gasteiger partial charge < -0.3 is 4.90 Å². The zero-order chi connectivity index (χ0) is 20.4. The number of alkyl halides is 3. The van der Waals surface area contributed by atoms with E-state index in [-0.39, 0.29) is 11.5 Å². The van der Waals surface area contributed by atoms with E-state index in [1.165, 1.54) is 34.2 Å². The molecule has 0 aromatic carbocycles. The van der Waals surface area contributed by atoms with Gasteiger partial charge in [0.25, 0.3) is 5.56 Å². The molecule has 0 bridgehead atoms. The molecule has 11 heteroatoms. The van der Waals surface area contributed by atoms with Crippen LogP contribution in [0.3, 0.4) is 0 Å². The minimum Gasteiger partial charge on any atom is -0.357 e. The second-order valence-electron chi connectivity index (χ2n) is 6.89. The topological polar surface area (TPSA) is 81.7 Å². The Morgan fingerprint density at radius 3 is 2.45 bits per heavy atom. The largest absolute Gasteiger partial charge is 0.417 e. The molecule has 1 saturated heterocycles. The summed E-state index contributed by atoms with van der Waals surface area (Å²) in [6, 6.07) is 5.49. The number of anilines is 1. The first-order valence-electron chi connectivity index (χ1n) is 9.11. The molecule has 0 saturated carbocycles. The van der Waals surface area contributed by atoms with E-state index in [4.69, 9.17) is 0 Å². The van der Waals surface area contributed by atoms with Crippen LogP contribution in [0.2, 0.25) is 0 Å². The third-order valence-corrected chi connectivity index (χ3v) is 4.95. The molecule has 4 rings (SSSR count). The second kappa shape index (κ2) is 7.64. The molecular formula is C18H18F3N7O. The van der Waals surface area contributed by atoms with E-state index in [0.717, 1.165) is 25.1 Å². The highest BCUT2D eigenvalue weighted by Crippen LogP contribution is 2.30. The molecule has 0 N–H and O–H groups in total. The molecule has 3 aromatic rings.